The van der Waals surface area contributed by atoms with Gasteiger partial charge in [0.15, 0.2) is 0 Å². The maximum Gasteiger partial charge on any atom is 0.276 e. The number of aromatic hydroxyl groups is 1. The number of aryl methyl sites for hydroxylation is 4. The third kappa shape index (κ3) is 4.20. The number of nitrogens with two attached hydrogens (primary N) is 1. The van der Waals surface area contributed by atoms with Crippen LogP contribution in [0, 0.1) is 6.92 Å². The quantitative estimate of drug-likeness (QED) is 0.414. The summed E-state index contributed by atoms with van der Waals surface area (Å²) in [5, 5.41) is 17.1. The minimum atomic E-state index is -0.273. The number of carbonyl (C=O) groups excluding carboxylic acids is 1. The molecule has 0 unspecified atom stereocenters. The van der Waals surface area contributed by atoms with Crippen molar-refractivity contribution in [2.24, 2.45) is 5.73 Å². The van der Waals surface area contributed by atoms with Gasteiger partial charge in [-0.25, -0.2) is 4.98 Å². The molecule has 0 aliphatic rings. The molecule has 0 saturated heterocycles. The van der Waals surface area contributed by atoms with Gasteiger partial charge in [0.25, 0.3) is 5.91 Å². The zero-order valence-electron chi connectivity index (χ0n) is 18.2. The molecule has 0 radical (unpaired) electrons. The van der Waals surface area contributed by atoms with Gasteiger partial charge in [0.05, 0.1) is 16.7 Å². The molecule has 2 aromatic carbocycles. The van der Waals surface area contributed by atoms with E-state index in [0.717, 1.165) is 22.3 Å². The summed E-state index contributed by atoms with van der Waals surface area (Å²) < 4.78 is 3.63. The van der Waals surface area contributed by atoms with Crippen molar-refractivity contribution in [1.29, 1.82) is 0 Å². The summed E-state index contributed by atoms with van der Waals surface area (Å²) in [4.78, 5) is 17.7. The molecule has 32 heavy (non-hydrogen) atoms. The highest BCUT2D eigenvalue weighted by molar-refractivity contribution is 6.03. The number of nitrogens with zero attached hydrogens (tertiary/aromatic N) is 4. The lowest BCUT2D eigenvalue weighted by Crippen LogP contribution is -2.20. The van der Waals surface area contributed by atoms with Gasteiger partial charge in [-0.05, 0) is 61.7 Å². The summed E-state index contributed by atoms with van der Waals surface area (Å²) in [5.41, 5.74) is 10.9. The van der Waals surface area contributed by atoms with Crippen LogP contribution in [-0.4, -0.2) is 30.3 Å². The number of carbonyl (C=O) groups is 1. The molecule has 0 fully saturated rings. The minimum absolute atomic E-state index is 0.223. The Balaban J connectivity index is 1.71. The van der Waals surface area contributed by atoms with Crippen LogP contribution < -0.4 is 11.1 Å². The van der Waals surface area contributed by atoms with Crippen molar-refractivity contribution in [1.82, 2.24) is 19.3 Å². The third-order valence-electron chi connectivity index (χ3n) is 5.31. The molecule has 4 N–H and O–H groups in total. The first-order chi connectivity index (χ1) is 15.4. The second kappa shape index (κ2) is 8.58. The molecule has 2 aromatic heterocycles. The number of phenols is 1. The Labute approximate surface area is 186 Å². The second-order valence-electron chi connectivity index (χ2n) is 7.68. The number of imidazole rings is 1. The molecule has 0 saturated carbocycles. The lowest BCUT2D eigenvalue weighted by molar-refractivity contribution is 0.101. The zero-order chi connectivity index (χ0) is 22.8. The molecule has 0 atom stereocenters. The molecule has 0 aliphatic carbocycles. The van der Waals surface area contributed by atoms with E-state index in [9.17, 15) is 9.90 Å². The van der Waals surface area contributed by atoms with Crippen LogP contribution in [0.25, 0.3) is 16.7 Å². The molecule has 0 bridgehead atoms. The highest BCUT2D eigenvalue weighted by atomic mass is 16.3. The van der Waals surface area contributed by atoms with E-state index in [0.29, 0.717) is 42.4 Å². The van der Waals surface area contributed by atoms with E-state index in [1.54, 1.807) is 22.9 Å². The number of amides is 1. The van der Waals surface area contributed by atoms with E-state index in [2.05, 4.69) is 22.0 Å². The molecule has 0 spiro atoms. The standard InChI is InChI=1S/C24H26N6O2/c1-4-30-22(12-15(2)28-30)23(32)27-24-26-20-14-18(16(3)25)8-9-21(20)29(24)11-10-17-6-5-7-19(31)13-17/h5-9,12-14,31H,3-4,10-11,25H2,1-2H3,(H,26,27,32). The molecule has 4 aromatic rings. The van der Waals surface area contributed by atoms with E-state index in [4.69, 9.17) is 5.73 Å². The number of benzene rings is 2. The van der Waals surface area contributed by atoms with E-state index in [1.165, 1.54) is 0 Å². The maximum atomic E-state index is 13.0. The number of hydrogen-bond acceptors (Lipinski definition) is 5. The number of rotatable bonds is 7. The Morgan fingerprint density at radius 2 is 2.03 bits per heavy atom. The Morgan fingerprint density at radius 3 is 2.75 bits per heavy atom. The summed E-state index contributed by atoms with van der Waals surface area (Å²) in [7, 11) is 0. The van der Waals surface area contributed by atoms with Crippen LogP contribution in [-0.2, 0) is 19.5 Å². The summed E-state index contributed by atoms with van der Waals surface area (Å²) in [5.74, 6) is 0.386. The van der Waals surface area contributed by atoms with Crippen molar-refractivity contribution < 1.29 is 9.90 Å². The largest absolute Gasteiger partial charge is 0.508 e. The summed E-state index contributed by atoms with van der Waals surface area (Å²) >= 11 is 0. The predicted molar refractivity (Wildman–Crippen MR) is 125 cm³/mol. The van der Waals surface area contributed by atoms with Crippen LogP contribution in [0.4, 0.5) is 5.95 Å². The number of hydrogen-bond donors (Lipinski definition) is 3. The van der Waals surface area contributed by atoms with Crippen molar-refractivity contribution in [3.05, 3.63) is 77.6 Å². The van der Waals surface area contributed by atoms with E-state index >= 15 is 0 Å². The Morgan fingerprint density at radius 1 is 1.22 bits per heavy atom. The van der Waals surface area contributed by atoms with Gasteiger partial charge >= 0.3 is 0 Å². The Bertz CT molecular complexity index is 1320. The van der Waals surface area contributed by atoms with Crippen molar-refractivity contribution in [3.63, 3.8) is 0 Å². The first-order valence-corrected chi connectivity index (χ1v) is 10.4. The van der Waals surface area contributed by atoms with Crippen molar-refractivity contribution in [2.45, 2.75) is 33.4 Å². The monoisotopic (exact) mass is 430 g/mol. The van der Waals surface area contributed by atoms with Crippen LogP contribution in [0.2, 0.25) is 0 Å². The molecule has 0 aliphatic heterocycles. The predicted octanol–water partition coefficient (Wildman–Crippen LogP) is 3.69. The number of fused-ring (bicyclic) bond motifs is 1. The van der Waals surface area contributed by atoms with Crippen LogP contribution in [0.3, 0.4) is 0 Å². The average Bonchev–Trinajstić information content (AvgIpc) is 3.31. The topological polar surface area (TPSA) is 111 Å². The van der Waals surface area contributed by atoms with Crippen LogP contribution in [0.5, 0.6) is 5.75 Å². The SMILES string of the molecule is C=C(N)c1ccc2c(c1)nc(NC(=O)c1cc(C)nn1CC)n2CCc1cccc(O)c1. The van der Waals surface area contributed by atoms with Gasteiger partial charge in [0.1, 0.15) is 11.4 Å². The first kappa shape index (κ1) is 21.2. The van der Waals surface area contributed by atoms with Gasteiger partial charge in [0, 0.05) is 18.8 Å². The zero-order valence-corrected chi connectivity index (χ0v) is 18.2. The van der Waals surface area contributed by atoms with Gasteiger partial charge in [0.2, 0.25) is 5.95 Å². The highest BCUT2D eigenvalue weighted by Crippen LogP contribution is 2.24. The fourth-order valence-corrected chi connectivity index (χ4v) is 3.74. The molecule has 1 amide bonds. The van der Waals surface area contributed by atoms with E-state index in [1.807, 2.05) is 48.7 Å². The first-order valence-electron chi connectivity index (χ1n) is 10.4. The van der Waals surface area contributed by atoms with Crippen LogP contribution in [0.15, 0.2) is 55.1 Å². The number of aromatic nitrogens is 4. The molecule has 2 heterocycles. The third-order valence-corrected chi connectivity index (χ3v) is 5.31. The lowest BCUT2D eigenvalue weighted by atomic mass is 10.1. The minimum Gasteiger partial charge on any atom is -0.508 e. The Hall–Kier alpha value is -4.07. The average molecular weight is 431 g/mol. The Kier molecular flexibility index (Phi) is 5.68. The van der Waals surface area contributed by atoms with Crippen LogP contribution >= 0.6 is 0 Å². The summed E-state index contributed by atoms with van der Waals surface area (Å²) in [6.07, 6.45) is 0.653. The molecule has 4 rings (SSSR count). The fraction of sp³-hybridized carbons (Fsp3) is 0.208. The van der Waals surface area contributed by atoms with Crippen molar-refractivity contribution >= 4 is 28.6 Å². The normalized spacial score (nSPS) is 11.1. The number of anilines is 1. The van der Waals surface area contributed by atoms with Gasteiger partial charge in [-0.3, -0.25) is 14.8 Å². The summed E-state index contributed by atoms with van der Waals surface area (Å²) in [6, 6.07) is 14.6. The van der Waals surface area contributed by atoms with E-state index < -0.39 is 0 Å². The molecule has 164 valence electrons. The molecule has 8 nitrogen and oxygen atoms in total. The van der Waals surface area contributed by atoms with Crippen LogP contribution in [0.1, 0.15) is 34.2 Å². The maximum absolute atomic E-state index is 13.0. The van der Waals surface area contributed by atoms with Gasteiger partial charge in [-0.1, -0.05) is 24.8 Å². The number of nitrogens with one attached hydrogen (secondary N) is 1. The lowest BCUT2D eigenvalue weighted by Gasteiger charge is -2.11. The van der Waals surface area contributed by atoms with Gasteiger partial charge in [-0.15, -0.1) is 0 Å². The smallest absolute Gasteiger partial charge is 0.276 e. The van der Waals surface area contributed by atoms with Crippen molar-refractivity contribution in [3.8, 4) is 5.75 Å². The molecular weight excluding hydrogens is 404 g/mol. The molecular formula is C24H26N6O2. The van der Waals surface area contributed by atoms with Gasteiger partial charge < -0.3 is 15.4 Å². The molecule has 8 heteroatoms. The van der Waals surface area contributed by atoms with Gasteiger partial charge in [-0.2, -0.15) is 5.10 Å². The van der Waals surface area contributed by atoms with E-state index in [-0.39, 0.29) is 11.7 Å². The number of phenolic OH excluding ortho intramolecular Hbond substituents is 1. The highest BCUT2D eigenvalue weighted by Gasteiger charge is 2.18. The second-order valence-corrected chi connectivity index (χ2v) is 7.68. The summed E-state index contributed by atoms with van der Waals surface area (Å²) in [6.45, 7) is 8.74. The fourth-order valence-electron chi connectivity index (χ4n) is 3.74. The van der Waals surface area contributed by atoms with Crippen molar-refractivity contribution in [2.75, 3.05) is 5.32 Å².